The van der Waals surface area contributed by atoms with Crippen molar-refractivity contribution in [1.82, 2.24) is 4.90 Å². The summed E-state index contributed by atoms with van der Waals surface area (Å²) in [5.41, 5.74) is 0.577. The maximum Gasteiger partial charge on any atom is 0.247 e. The largest absolute Gasteiger partial charge is 0.307 e. The number of hydrogen-bond donors (Lipinski definition) is 0. The van der Waals surface area contributed by atoms with Crippen LogP contribution in [0.4, 0.5) is 5.69 Å². The van der Waals surface area contributed by atoms with E-state index < -0.39 is 21.8 Å². The number of amides is 3. The molecule has 2 saturated heterocycles. The zero-order valence-electron chi connectivity index (χ0n) is 15.4. The van der Waals surface area contributed by atoms with E-state index in [9.17, 15) is 22.8 Å². The molecule has 3 atom stereocenters. The fourth-order valence-electron chi connectivity index (χ4n) is 4.36. The number of fused-ring (bicyclic) bond motifs is 1. The van der Waals surface area contributed by atoms with Gasteiger partial charge in [0.2, 0.25) is 17.7 Å². The van der Waals surface area contributed by atoms with Crippen LogP contribution in [-0.4, -0.2) is 55.1 Å². The van der Waals surface area contributed by atoms with Crippen LogP contribution in [0.25, 0.3) is 0 Å². The Kier molecular flexibility index (Phi) is 4.82. The Morgan fingerprint density at radius 2 is 1.64 bits per heavy atom. The van der Waals surface area contributed by atoms with Crippen LogP contribution in [0.3, 0.4) is 0 Å². The van der Waals surface area contributed by atoms with E-state index in [-0.39, 0.29) is 41.7 Å². The van der Waals surface area contributed by atoms with E-state index in [0.29, 0.717) is 24.9 Å². The molecule has 7 nitrogen and oxygen atoms in total. The lowest BCUT2D eigenvalue weighted by Gasteiger charge is -2.30. The van der Waals surface area contributed by atoms with Crippen molar-refractivity contribution >= 4 is 33.2 Å². The average molecular weight is 402 g/mol. The summed E-state index contributed by atoms with van der Waals surface area (Å²) in [5.74, 6) is -1.89. The Morgan fingerprint density at radius 3 is 2.18 bits per heavy atom. The maximum atomic E-state index is 13.2. The number of carbonyl (C=O) groups excluding carboxylic acids is 3. The van der Waals surface area contributed by atoms with Gasteiger partial charge in [0.15, 0.2) is 9.84 Å². The molecule has 4 rings (SSSR count). The molecule has 2 fully saturated rings. The molecule has 2 aliphatic heterocycles. The summed E-state index contributed by atoms with van der Waals surface area (Å²) >= 11 is 0. The van der Waals surface area contributed by atoms with E-state index >= 15 is 0 Å². The molecule has 1 aromatic rings. The van der Waals surface area contributed by atoms with Crippen LogP contribution in [0.15, 0.2) is 42.5 Å². The predicted octanol–water partition coefficient (Wildman–Crippen LogP) is 1.16. The van der Waals surface area contributed by atoms with Gasteiger partial charge in [-0.05, 0) is 31.4 Å². The van der Waals surface area contributed by atoms with Gasteiger partial charge in [-0.3, -0.25) is 19.3 Å². The fourth-order valence-corrected chi connectivity index (χ4v) is 6.06. The first-order chi connectivity index (χ1) is 13.4. The zero-order chi connectivity index (χ0) is 19.9. The van der Waals surface area contributed by atoms with Gasteiger partial charge >= 0.3 is 0 Å². The first kappa shape index (κ1) is 18.9. The molecule has 28 heavy (non-hydrogen) atoms. The molecule has 0 N–H and O–H groups in total. The first-order valence-corrected chi connectivity index (χ1v) is 11.3. The Bertz CT molecular complexity index is 915. The van der Waals surface area contributed by atoms with Gasteiger partial charge in [0.25, 0.3) is 0 Å². The number of nitrogens with zero attached hydrogens (tertiary/aromatic N) is 2. The third-order valence-corrected chi connectivity index (χ3v) is 7.52. The lowest BCUT2D eigenvalue weighted by atomic mass is 9.85. The van der Waals surface area contributed by atoms with Crippen molar-refractivity contribution in [3.8, 4) is 0 Å². The number of para-hydroxylation sites is 1. The third kappa shape index (κ3) is 3.37. The minimum atomic E-state index is -3.20. The lowest BCUT2D eigenvalue weighted by Crippen LogP contribution is -2.48. The highest BCUT2D eigenvalue weighted by molar-refractivity contribution is 7.91. The van der Waals surface area contributed by atoms with E-state index in [0.717, 1.165) is 4.90 Å². The number of anilines is 1. The molecule has 3 aliphatic rings. The second-order valence-electron chi connectivity index (χ2n) is 7.57. The highest BCUT2D eigenvalue weighted by Gasteiger charge is 2.48. The molecule has 0 spiro atoms. The summed E-state index contributed by atoms with van der Waals surface area (Å²) < 4.78 is 23.9. The van der Waals surface area contributed by atoms with E-state index in [1.165, 1.54) is 4.90 Å². The van der Waals surface area contributed by atoms with Crippen LogP contribution in [0.1, 0.15) is 19.3 Å². The highest BCUT2D eigenvalue weighted by Crippen LogP contribution is 2.35. The van der Waals surface area contributed by atoms with Crippen molar-refractivity contribution in [2.45, 2.75) is 25.3 Å². The number of allylic oxidation sites excluding steroid dienone is 2. The second kappa shape index (κ2) is 7.16. The van der Waals surface area contributed by atoms with Crippen molar-refractivity contribution in [3.05, 3.63) is 42.5 Å². The van der Waals surface area contributed by atoms with Crippen molar-refractivity contribution in [3.63, 3.8) is 0 Å². The molecular formula is C20H22N2O5S. The molecule has 0 bridgehead atoms. The summed E-state index contributed by atoms with van der Waals surface area (Å²) in [6.07, 6.45) is 5.18. The molecule has 0 aromatic heterocycles. The van der Waals surface area contributed by atoms with Gasteiger partial charge in [0, 0.05) is 5.69 Å². The number of rotatable bonds is 4. The van der Waals surface area contributed by atoms with E-state index in [1.807, 2.05) is 18.2 Å². The van der Waals surface area contributed by atoms with Crippen LogP contribution in [0.2, 0.25) is 0 Å². The first-order valence-electron chi connectivity index (χ1n) is 9.45. The molecule has 0 saturated carbocycles. The van der Waals surface area contributed by atoms with Crippen LogP contribution in [0.5, 0.6) is 0 Å². The minimum absolute atomic E-state index is 0.0334. The summed E-state index contributed by atoms with van der Waals surface area (Å²) in [7, 11) is -3.20. The van der Waals surface area contributed by atoms with Gasteiger partial charge in [-0.2, -0.15) is 0 Å². The normalized spacial score (nSPS) is 28.4. The van der Waals surface area contributed by atoms with Crippen LogP contribution in [-0.2, 0) is 24.2 Å². The average Bonchev–Trinajstić information content (AvgIpc) is 3.15. The Morgan fingerprint density at radius 1 is 1.04 bits per heavy atom. The van der Waals surface area contributed by atoms with Crippen LogP contribution < -0.4 is 4.90 Å². The number of likely N-dealkylation sites (tertiary alicyclic amines) is 1. The molecule has 0 radical (unpaired) electrons. The van der Waals surface area contributed by atoms with Gasteiger partial charge in [0.1, 0.15) is 6.54 Å². The summed E-state index contributed by atoms with van der Waals surface area (Å²) in [5, 5.41) is 0. The Balaban J connectivity index is 1.58. The summed E-state index contributed by atoms with van der Waals surface area (Å²) in [4.78, 5) is 41.0. The van der Waals surface area contributed by atoms with Crippen molar-refractivity contribution < 1.29 is 22.8 Å². The number of sulfone groups is 1. The van der Waals surface area contributed by atoms with E-state index in [1.54, 1.807) is 24.3 Å². The van der Waals surface area contributed by atoms with Crippen molar-refractivity contribution in [2.24, 2.45) is 11.8 Å². The Hall–Kier alpha value is -2.48. The fraction of sp³-hybridized carbons (Fsp3) is 0.450. The predicted molar refractivity (Wildman–Crippen MR) is 103 cm³/mol. The van der Waals surface area contributed by atoms with Gasteiger partial charge < -0.3 is 4.90 Å². The second-order valence-corrected chi connectivity index (χ2v) is 9.80. The van der Waals surface area contributed by atoms with Gasteiger partial charge in [-0.15, -0.1) is 0 Å². The minimum Gasteiger partial charge on any atom is -0.307 e. The van der Waals surface area contributed by atoms with Crippen molar-refractivity contribution in [1.29, 1.82) is 0 Å². The monoisotopic (exact) mass is 402 g/mol. The third-order valence-electron chi connectivity index (χ3n) is 5.77. The summed E-state index contributed by atoms with van der Waals surface area (Å²) in [6.45, 7) is -0.351. The Labute approximate surface area is 163 Å². The molecule has 2 heterocycles. The quantitative estimate of drug-likeness (QED) is 0.557. The van der Waals surface area contributed by atoms with Crippen molar-refractivity contribution in [2.75, 3.05) is 23.0 Å². The van der Waals surface area contributed by atoms with Gasteiger partial charge in [-0.1, -0.05) is 30.4 Å². The van der Waals surface area contributed by atoms with E-state index in [2.05, 4.69) is 0 Å². The highest BCUT2D eigenvalue weighted by atomic mass is 32.2. The molecular weight excluding hydrogens is 380 g/mol. The SMILES string of the molecule is O=C1[C@@H]2CC=CC[C@H]2C(=O)N1CC(=O)N(c1ccccc1)[C@@H]1CCS(=O)(=O)C1. The molecule has 0 unspecified atom stereocenters. The molecule has 1 aliphatic carbocycles. The summed E-state index contributed by atoms with van der Waals surface area (Å²) in [6, 6.07) is 8.33. The molecule has 8 heteroatoms. The standard InChI is InChI=1S/C20H22N2O5S/c23-18(12-21-19(24)16-8-4-5-9-17(16)20(21)25)22(14-6-2-1-3-7-14)15-10-11-28(26,27)13-15/h1-7,15-17H,8-13H2/t15-,16-,17-/m1/s1. The zero-order valence-corrected chi connectivity index (χ0v) is 16.2. The lowest BCUT2D eigenvalue weighted by molar-refractivity contribution is -0.143. The smallest absolute Gasteiger partial charge is 0.247 e. The topological polar surface area (TPSA) is 91.8 Å². The molecule has 148 valence electrons. The number of hydrogen-bond acceptors (Lipinski definition) is 5. The number of benzene rings is 1. The maximum absolute atomic E-state index is 13.2. The molecule has 1 aromatic carbocycles. The number of carbonyl (C=O) groups is 3. The molecule has 3 amide bonds. The number of imide groups is 1. The van der Waals surface area contributed by atoms with Crippen LogP contribution >= 0.6 is 0 Å². The van der Waals surface area contributed by atoms with Crippen LogP contribution in [0, 0.1) is 11.8 Å². The van der Waals surface area contributed by atoms with Gasteiger partial charge in [-0.25, -0.2) is 8.42 Å². The van der Waals surface area contributed by atoms with E-state index in [4.69, 9.17) is 0 Å². The van der Waals surface area contributed by atoms with Gasteiger partial charge in [0.05, 0.1) is 29.4 Å².